The van der Waals surface area contributed by atoms with E-state index in [0.717, 1.165) is 22.0 Å². The van der Waals surface area contributed by atoms with Crippen LogP contribution in [0.15, 0.2) is 97.7 Å². The van der Waals surface area contributed by atoms with Gasteiger partial charge in [0.05, 0.1) is 12.2 Å². The van der Waals surface area contributed by atoms with Crippen molar-refractivity contribution in [1.82, 2.24) is 4.98 Å². The molecule has 0 atom stereocenters. The molecular formula is C26H22N4O2. The van der Waals surface area contributed by atoms with Gasteiger partial charge in [-0.1, -0.05) is 49.0 Å². The van der Waals surface area contributed by atoms with Crippen LogP contribution in [0.2, 0.25) is 0 Å². The zero-order valence-corrected chi connectivity index (χ0v) is 17.4. The van der Waals surface area contributed by atoms with E-state index in [9.17, 15) is 9.59 Å². The van der Waals surface area contributed by atoms with Crippen molar-refractivity contribution < 1.29 is 9.59 Å². The highest BCUT2D eigenvalue weighted by atomic mass is 16.2. The Bertz CT molecular complexity index is 1300. The summed E-state index contributed by atoms with van der Waals surface area (Å²) in [6.07, 6.45) is 2.86. The first-order chi connectivity index (χ1) is 15.5. The average molecular weight is 422 g/mol. The van der Waals surface area contributed by atoms with E-state index in [0.29, 0.717) is 17.8 Å². The maximum Gasteiger partial charge on any atom is 0.255 e. The molecule has 0 fully saturated rings. The van der Waals surface area contributed by atoms with Crippen molar-refractivity contribution in [3.63, 3.8) is 0 Å². The summed E-state index contributed by atoms with van der Waals surface area (Å²) in [7, 11) is 0. The van der Waals surface area contributed by atoms with Gasteiger partial charge in [0.2, 0.25) is 0 Å². The van der Waals surface area contributed by atoms with E-state index in [1.54, 1.807) is 35.4 Å². The largest absolute Gasteiger partial charge is 0.382 e. The Kier molecular flexibility index (Phi) is 5.94. The molecule has 2 amide bonds. The van der Waals surface area contributed by atoms with E-state index in [4.69, 9.17) is 5.73 Å². The standard InChI is InChI=1S/C26H22N4O2/c1-2-24(31)30(22-14-13-19-6-3-4-7-21(19)16-22)17-18-9-11-20(12-10-18)26(32)29-23-8-5-15-28-25(23)27/h2-16H,1,17H2,(H2,27,28)(H,29,32). The van der Waals surface area contributed by atoms with E-state index in [-0.39, 0.29) is 17.6 Å². The highest BCUT2D eigenvalue weighted by Crippen LogP contribution is 2.24. The molecule has 6 heteroatoms. The zero-order valence-electron chi connectivity index (χ0n) is 17.4. The number of nitrogen functional groups attached to an aromatic ring is 1. The number of nitrogens with zero attached hydrogens (tertiary/aromatic N) is 2. The number of pyridine rings is 1. The van der Waals surface area contributed by atoms with Gasteiger partial charge in [-0.15, -0.1) is 0 Å². The number of hydrogen-bond acceptors (Lipinski definition) is 4. The number of carbonyl (C=O) groups excluding carboxylic acids is 2. The number of amides is 2. The number of aromatic nitrogens is 1. The van der Waals surface area contributed by atoms with Crippen LogP contribution in [0.4, 0.5) is 17.2 Å². The minimum atomic E-state index is -0.287. The molecule has 0 saturated carbocycles. The molecule has 0 aliphatic rings. The Balaban J connectivity index is 1.54. The fourth-order valence-electron chi connectivity index (χ4n) is 3.41. The van der Waals surface area contributed by atoms with Crippen LogP contribution in [0.3, 0.4) is 0 Å². The summed E-state index contributed by atoms with van der Waals surface area (Å²) in [5.74, 6) is -0.231. The normalized spacial score (nSPS) is 10.5. The number of nitrogens with one attached hydrogen (secondary N) is 1. The Labute approximate surface area is 186 Å². The summed E-state index contributed by atoms with van der Waals surface area (Å²) in [5, 5.41) is 4.91. The molecule has 1 heterocycles. The molecule has 158 valence electrons. The van der Waals surface area contributed by atoms with Crippen molar-refractivity contribution in [2.75, 3.05) is 16.0 Å². The van der Waals surface area contributed by atoms with Crippen molar-refractivity contribution in [2.24, 2.45) is 0 Å². The van der Waals surface area contributed by atoms with Gasteiger partial charge in [-0.25, -0.2) is 4.98 Å². The Morgan fingerprint density at radius 2 is 1.72 bits per heavy atom. The molecular weight excluding hydrogens is 400 g/mol. The molecule has 0 aliphatic heterocycles. The van der Waals surface area contributed by atoms with Crippen LogP contribution in [0.25, 0.3) is 10.8 Å². The molecule has 32 heavy (non-hydrogen) atoms. The molecule has 0 unspecified atom stereocenters. The molecule has 4 rings (SSSR count). The van der Waals surface area contributed by atoms with Gasteiger partial charge < -0.3 is 16.0 Å². The van der Waals surface area contributed by atoms with E-state index < -0.39 is 0 Å². The van der Waals surface area contributed by atoms with Gasteiger partial charge in [-0.2, -0.15) is 0 Å². The van der Waals surface area contributed by atoms with Crippen LogP contribution in [0.5, 0.6) is 0 Å². The Morgan fingerprint density at radius 1 is 0.969 bits per heavy atom. The van der Waals surface area contributed by atoms with Crippen molar-refractivity contribution in [1.29, 1.82) is 0 Å². The first-order valence-electron chi connectivity index (χ1n) is 10.1. The second-order valence-corrected chi connectivity index (χ2v) is 7.25. The topological polar surface area (TPSA) is 88.3 Å². The molecule has 3 aromatic carbocycles. The third-order valence-electron chi connectivity index (χ3n) is 5.13. The smallest absolute Gasteiger partial charge is 0.255 e. The van der Waals surface area contributed by atoms with Gasteiger partial charge in [0, 0.05) is 17.4 Å². The molecule has 1 aromatic heterocycles. The van der Waals surface area contributed by atoms with E-state index >= 15 is 0 Å². The lowest BCUT2D eigenvalue weighted by Gasteiger charge is -2.22. The maximum absolute atomic E-state index is 12.6. The molecule has 4 aromatic rings. The lowest BCUT2D eigenvalue weighted by Crippen LogP contribution is -2.28. The van der Waals surface area contributed by atoms with Gasteiger partial charge >= 0.3 is 0 Å². The van der Waals surface area contributed by atoms with Gasteiger partial charge in [-0.05, 0) is 58.8 Å². The molecule has 0 spiro atoms. The fourth-order valence-corrected chi connectivity index (χ4v) is 3.41. The monoisotopic (exact) mass is 422 g/mol. The molecule has 6 nitrogen and oxygen atoms in total. The van der Waals surface area contributed by atoms with E-state index in [2.05, 4.69) is 16.9 Å². The minimum Gasteiger partial charge on any atom is -0.382 e. The van der Waals surface area contributed by atoms with Gasteiger partial charge in [0.1, 0.15) is 5.82 Å². The minimum absolute atomic E-state index is 0.200. The lowest BCUT2D eigenvalue weighted by molar-refractivity contribution is -0.114. The summed E-state index contributed by atoms with van der Waals surface area (Å²) in [4.78, 5) is 30.7. The Hall–Kier alpha value is -4.45. The van der Waals surface area contributed by atoms with Crippen molar-refractivity contribution >= 4 is 39.8 Å². The summed E-state index contributed by atoms with van der Waals surface area (Å²) in [6, 6.07) is 24.4. The number of rotatable bonds is 6. The summed E-state index contributed by atoms with van der Waals surface area (Å²) >= 11 is 0. The third kappa shape index (κ3) is 4.49. The first kappa shape index (κ1) is 20.8. The summed E-state index contributed by atoms with van der Waals surface area (Å²) in [5.41, 5.74) is 8.38. The van der Waals surface area contributed by atoms with Gasteiger partial charge in [-0.3, -0.25) is 9.59 Å². The highest BCUT2D eigenvalue weighted by molar-refractivity contribution is 6.05. The highest BCUT2D eigenvalue weighted by Gasteiger charge is 2.15. The number of benzene rings is 3. The average Bonchev–Trinajstić information content (AvgIpc) is 2.83. The Morgan fingerprint density at radius 3 is 2.44 bits per heavy atom. The predicted octanol–water partition coefficient (Wildman–Crippen LogP) is 4.79. The second-order valence-electron chi connectivity index (χ2n) is 7.25. The fraction of sp³-hybridized carbons (Fsp3) is 0.0385. The van der Waals surface area contributed by atoms with Gasteiger partial charge in [0.25, 0.3) is 11.8 Å². The van der Waals surface area contributed by atoms with Crippen molar-refractivity contribution in [2.45, 2.75) is 6.54 Å². The lowest BCUT2D eigenvalue weighted by atomic mass is 10.1. The van der Waals surface area contributed by atoms with Crippen molar-refractivity contribution in [3.05, 3.63) is 109 Å². The summed E-state index contributed by atoms with van der Waals surface area (Å²) in [6.45, 7) is 3.98. The number of carbonyl (C=O) groups is 2. The quantitative estimate of drug-likeness (QED) is 0.437. The number of fused-ring (bicyclic) bond motifs is 1. The third-order valence-corrected chi connectivity index (χ3v) is 5.13. The van der Waals surface area contributed by atoms with Crippen LogP contribution >= 0.6 is 0 Å². The van der Waals surface area contributed by atoms with Crippen LogP contribution in [-0.2, 0) is 11.3 Å². The van der Waals surface area contributed by atoms with Crippen LogP contribution < -0.4 is 16.0 Å². The number of hydrogen-bond donors (Lipinski definition) is 2. The predicted molar refractivity (Wildman–Crippen MR) is 128 cm³/mol. The molecule has 0 radical (unpaired) electrons. The SMILES string of the molecule is C=CC(=O)N(Cc1ccc(C(=O)Nc2cccnc2N)cc1)c1ccc2ccccc2c1. The van der Waals surface area contributed by atoms with Crippen LogP contribution in [-0.4, -0.2) is 16.8 Å². The summed E-state index contributed by atoms with van der Waals surface area (Å²) < 4.78 is 0. The first-order valence-corrected chi connectivity index (χ1v) is 10.1. The zero-order chi connectivity index (χ0) is 22.5. The number of anilines is 3. The number of nitrogens with two attached hydrogens (primary N) is 1. The molecule has 0 bridgehead atoms. The molecule has 0 aliphatic carbocycles. The maximum atomic E-state index is 12.6. The van der Waals surface area contributed by atoms with E-state index in [1.807, 2.05) is 54.6 Å². The van der Waals surface area contributed by atoms with Crippen LogP contribution in [0.1, 0.15) is 15.9 Å². The molecule has 3 N–H and O–H groups in total. The van der Waals surface area contributed by atoms with Crippen molar-refractivity contribution in [3.8, 4) is 0 Å². The van der Waals surface area contributed by atoms with Crippen LogP contribution in [0, 0.1) is 0 Å². The molecule has 0 saturated heterocycles. The van der Waals surface area contributed by atoms with Gasteiger partial charge in [0.15, 0.2) is 0 Å². The second kappa shape index (κ2) is 9.14. The van der Waals surface area contributed by atoms with E-state index in [1.165, 1.54) is 6.08 Å².